The van der Waals surface area contributed by atoms with Crippen molar-refractivity contribution < 1.29 is 0 Å². The predicted molar refractivity (Wildman–Crippen MR) is 60.8 cm³/mol. The largest absolute Gasteiger partial charge is 0.335 e. The van der Waals surface area contributed by atoms with E-state index in [9.17, 15) is 0 Å². The van der Waals surface area contributed by atoms with Crippen molar-refractivity contribution >= 4 is 11.6 Å². The van der Waals surface area contributed by atoms with Gasteiger partial charge in [-0.1, -0.05) is 13.8 Å². The number of aryl methyl sites for hydroxylation is 2. The number of hydrogen-bond acceptors (Lipinski definition) is 1. The van der Waals surface area contributed by atoms with Crippen molar-refractivity contribution in [3.63, 3.8) is 0 Å². The highest BCUT2D eigenvalue weighted by Crippen LogP contribution is 2.11. The maximum atomic E-state index is 6.07. The summed E-state index contributed by atoms with van der Waals surface area (Å²) in [4.78, 5) is 4.35. The van der Waals surface area contributed by atoms with Gasteiger partial charge < -0.3 is 4.57 Å². The van der Waals surface area contributed by atoms with Crippen molar-refractivity contribution in [2.75, 3.05) is 0 Å². The van der Waals surface area contributed by atoms with Crippen LogP contribution in [0.15, 0.2) is 12.4 Å². The SMILES string of the molecule is CCCn1ccnc1CCC(Cl)CC. The number of halogens is 1. The van der Waals surface area contributed by atoms with Crippen LogP contribution in [0.25, 0.3) is 0 Å². The van der Waals surface area contributed by atoms with E-state index >= 15 is 0 Å². The Morgan fingerprint density at radius 1 is 1.50 bits per heavy atom. The normalized spacial score (nSPS) is 13.1. The third-order valence-electron chi connectivity index (χ3n) is 2.39. The molecular weight excluding hydrogens is 196 g/mol. The summed E-state index contributed by atoms with van der Waals surface area (Å²) in [5.41, 5.74) is 0. The number of nitrogens with zero attached hydrogens (tertiary/aromatic N) is 2. The molecule has 1 rings (SSSR count). The monoisotopic (exact) mass is 214 g/mol. The summed E-state index contributed by atoms with van der Waals surface area (Å²) in [6, 6.07) is 0. The summed E-state index contributed by atoms with van der Waals surface area (Å²) in [5, 5.41) is 0.293. The molecule has 1 atom stereocenters. The zero-order valence-electron chi connectivity index (χ0n) is 9.04. The van der Waals surface area contributed by atoms with Crippen molar-refractivity contribution in [1.29, 1.82) is 0 Å². The Balaban J connectivity index is 2.45. The second-order valence-electron chi connectivity index (χ2n) is 3.58. The minimum absolute atomic E-state index is 0.293. The number of rotatable bonds is 6. The first-order valence-electron chi connectivity index (χ1n) is 5.42. The summed E-state index contributed by atoms with van der Waals surface area (Å²) in [5.74, 6) is 1.17. The lowest BCUT2D eigenvalue weighted by atomic mass is 10.2. The maximum absolute atomic E-state index is 6.07. The molecule has 3 heteroatoms. The van der Waals surface area contributed by atoms with E-state index in [4.69, 9.17) is 11.6 Å². The Kier molecular flexibility index (Phi) is 5.02. The molecule has 0 bridgehead atoms. The van der Waals surface area contributed by atoms with Gasteiger partial charge in [0.25, 0.3) is 0 Å². The van der Waals surface area contributed by atoms with Crippen molar-refractivity contribution in [3.8, 4) is 0 Å². The van der Waals surface area contributed by atoms with Gasteiger partial charge in [-0.2, -0.15) is 0 Å². The molecule has 0 spiro atoms. The topological polar surface area (TPSA) is 17.8 Å². The molecule has 0 aliphatic rings. The van der Waals surface area contributed by atoms with Crippen molar-refractivity contribution in [2.45, 2.75) is 51.5 Å². The van der Waals surface area contributed by atoms with Gasteiger partial charge in [0.1, 0.15) is 5.82 Å². The molecule has 1 aromatic heterocycles. The molecule has 0 N–H and O–H groups in total. The average Bonchev–Trinajstić information content (AvgIpc) is 2.62. The van der Waals surface area contributed by atoms with E-state index in [1.807, 2.05) is 12.4 Å². The van der Waals surface area contributed by atoms with Crippen LogP contribution in [-0.2, 0) is 13.0 Å². The Morgan fingerprint density at radius 2 is 2.29 bits per heavy atom. The van der Waals surface area contributed by atoms with Crippen molar-refractivity contribution in [3.05, 3.63) is 18.2 Å². The van der Waals surface area contributed by atoms with Gasteiger partial charge in [0.2, 0.25) is 0 Å². The number of hydrogen-bond donors (Lipinski definition) is 0. The van der Waals surface area contributed by atoms with E-state index in [1.54, 1.807) is 0 Å². The van der Waals surface area contributed by atoms with Gasteiger partial charge in [0.15, 0.2) is 0 Å². The van der Waals surface area contributed by atoms with E-state index in [0.717, 1.165) is 32.2 Å². The van der Waals surface area contributed by atoms with Gasteiger partial charge in [-0.25, -0.2) is 4.98 Å². The van der Waals surface area contributed by atoms with Gasteiger partial charge in [0.05, 0.1) is 0 Å². The second-order valence-corrected chi connectivity index (χ2v) is 4.20. The highest BCUT2D eigenvalue weighted by molar-refractivity contribution is 6.20. The van der Waals surface area contributed by atoms with Gasteiger partial charge in [0, 0.05) is 30.7 Å². The zero-order valence-corrected chi connectivity index (χ0v) is 9.80. The quantitative estimate of drug-likeness (QED) is 0.665. The Bertz CT molecular complexity index is 258. The summed E-state index contributed by atoms with van der Waals surface area (Å²) in [7, 11) is 0. The average molecular weight is 215 g/mol. The summed E-state index contributed by atoms with van der Waals surface area (Å²) in [6.07, 6.45) is 8.14. The van der Waals surface area contributed by atoms with Crippen LogP contribution >= 0.6 is 11.6 Å². The maximum Gasteiger partial charge on any atom is 0.108 e. The van der Waals surface area contributed by atoms with Crippen LogP contribution in [0.2, 0.25) is 0 Å². The molecule has 0 saturated carbocycles. The Hall–Kier alpha value is -0.500. The molecule has 0 aliphatic heterocycles. The van der Waals surface area contributed by atoms with Crippen LogP contribution in [0, 0.1) is 0 Å². The Morgan fingerprint density at radius 3 is 2.93 bits per heavy atom. The lowest BCUT2D eigenvalue weighted by Gasteiger charge is -2.08. The van der Waals surface area contributed by atoms with Crippen LogP contribution in [0.1, 0.15) is 38.9 Å². The summed E-state index contributed by atoms with van der Waals surface area (Å²) >= 11 is 6.07. The third kappa shape index (κ3) is 3.33. The van der Waals surface area contributed by atoms with Crippen molar-refractivity contribution in [2.24, 2.45) is 0 Å². The van der Waals surface area contributed by atoms with E-state index in [1.165, 1.54) is 5.82 Å². The number of aromatic nitrogens is 2. The molecule has 0 amide bonds. The van der Waals surface area contributed by atoms with Gasteiger partial charge in [-0.3, -0.25) is 0 Å². The fraction of sp³-hybridized carbons (Fsp3) is 0.727. The molecule has 2 nitrogen and oxygen atoms in total. The molecule has 1 heterocycles. The first-order chi connectivity index (χ1) is 6.77. The number of alkyl halides is 1. The number of imidazole rings is 1. The van der Waals surface area contributed by atoms with Gasteiger partial charge in [-0.05, 0) is 19.3 Å². The Labute approximate surface area is 91.3 Å². The second kappa shape index (κ2) is 6.07. The predicted octanol–water partition coefficient (Wildman–Crippen LogP) is 3.24. The molecule has 14 heavy (non-hydrogen) atoms. The fourth-order valence-corrected chi connectivity index (χ4v) is 1.61. The molecule has 1 unspecified atom stereocenters. The van der Waals surface area contributed by atoms with Crippen LogP contribution in [-0.4, -0.2) is 14.9 Å². The first kappa shape index (κ1) is 11.6. The molecular formula is C11H19ClN2. The molecule has 1 aromatic rings. The van der Waals surface area contributed by atoms with Crippen molar-refractivity contribution in [1.82, 2.24) is 9.55 Å². The first-order valence-corrected chi connectivity index (χ1v) is 5.85. The molecule has 0 fully saturated rings. The molecule has 0 aromatic carbocycles. The van der Waals surface area contributed by atoms with Gasteiger partial charge in [-0.15, -0.1) is 11.6 Å². The molecule has 0 saturated heterocycles. The smallest absolute Gasteiger partial charge is 0.108 e. The minimum atomic E-state index is 0.293. The molecule has 0 aliphatic carbocycles. The summed E-state index contributed by atoms with van der Waals surface area (Å²) in [6.45, 7) is 5.37. The zero-order chi connectivity index (χ0) is 10.4. The lowest BCUT2D eigenvalue weighted by Crippen LogP contribution is -2.06. The van der Waals surface area contributed by atoms with Crippen LogP contribution in [0.3, 0.4) is 0 Å². The van der Waals surface area contributed by atoms with Crippen LogP contribution in [0.4, 0.5) is 0 Å². The third-order valence-corrected chi connectivity index (χ3v) is 2.92. The highest BCUT2D eigenvalue weighted by atomic mass is 35.5. The van der Waals surface area contributed by atoms with E-state index in [-0.39, 0.29) is 0 Å². The van der Waals surface area contributed by atoms with E-state index in [2.05, 4.69) is 23.4 Å². The van der Waals surface area contributed by atoms with Crippen LogP contribution < -0.4 is 0 Å². The fourth-order valence-electron chi connectivity index (χ4n) is 1.50. The highest BCUT2D eigenvalue weighted by Gasteiger charge is 2.05. The van der Waals surface area contributed by atoms with Crippen LogP contribution in [0.5, 0.6) is 0 Å². The van der Waals surface area contributed by atoms with E-state index in [0.29, 0.717) is 5.38 Å². The lowest BCUT2D eigenvalue weighted by molar-refractivity contribution is 0.612. The van der Waals surface area contributed by atoms with E-state index < -0.39 is 0 Å². The molecule has 80 valence electrons. The van der Waals surface area contributed by atoms with Gasteiger partial charge >= 0.3 is 0 Å². The summed E-state index contributed by atoms with van der Waals surface area (Å²) < 4.78 is 2.22. The molecule has 0 radical (unpaired) electrons. The minimum Gasteiger partial charge on any atom is -0.335 e. The standard InChI is InChI=1S/C11H19ClN2/c1-3-8-14-9-7-13-11(14)6-5-10(12)4-2/h7,9-10H,3-6,8H2,1-2H3.